The average Bonchev–Trinajstić information content (AvgIpc) is 2.33. The molecule has 1 aromatic carbocycles. The quantitative estimate of drug-likeness (QED) is 0.355. The smallest absolute Gasteiger partial charge is 0.306 e. The third kappa shape index (κ3) is 4.56. The molecule has 5 nitrogen and oxygen atoms in total. The lowest BCUT2D eigenvalue weighted by Crippen LogP contribution is -2.08. The number of benzene rings is 1. The Bertz CT molecular complexity index is 486. The number of non-ortho nitro benzene ring substituents is 1. The second kappa shape index (κ2) is 6.98. The van der Waals surface area contributed by atoms with Gasteiger partial charge < -0.3 is 4.74 Å². The molecule has 0 spiro atoms. The zero-order chi connectivity index (χ0) is 14.6. The van der Waals surface area contributed by atoms with Crippen molar-refractivity contribution in [1.29, 1.82) is 0 Å². The second-order valence-electron chi connectivity index (χ2n) is 3.70. The van der Waals surface area contributed by atoms with Gasteiger partial charge in [-0.2, -0.15) is 0 Å². The predicted octanol–water partition coefficient (Wildman–Crippen LogP) is 3.95. The van der Waals surface area contributed by atoms with Crippen LogP contribution in [-0.2, 0) is 9.53 Å². The Hall–Kier alpha value is -0.980. The molecular weight excluding hydrogens is 313 g/mol. The number of thioether (sulfide) groups is 1. The number of halogens is 2. The summed E-state index contributed by atoms with van der Waals surface area (Å²) in [5.41, 5.74) is -0.167. The van der Waals surface area contributed by atoms with Crippen LogP contribution in [0.15, 0.2) is 17.0 Å². The summed E-state index contributed by atoms with van der Waals surface area (Å²) in [5, 5.41) is 10.9. The molecule has 0 saturated carbocycles. The van der Waals surface area contributed by atoms with Gasteiger partial charge in [0, 0.05) is 22.3 Å². The third-order valence-electron chi connectivity index (χ3n) is 2.19. The van der Waals surface area contributed by atoms with Crippen molar-refractivity contribution in [2.75, 3.05) is 7.11 Å². The van der Waals surface area contributed by atoms with Crippen molar-refractivity contribution in [1.82, 2.24) is 0 Å². The Balaban J connectivity index is 2.90. The number of ether oxygens (including phenoxy) is 1. The molecule has 0 fully saturated rings. The first-order chi connectivity index (χ1) is 8.85. The molecule has 1 atom stereocenters. The summed E-state index contributed by atoms with van der Waals surface area (Å²) in [6.07, 6.45) is 0.199. The van der Waals surface area contributed by atoms with Gasteiger partial charge in [0.05, 0.1) is 28.5 Å². The fraction of sp³-hybridized carbons (Fsp3) is 0.364. The highest BCUT2D eigenvalue weighted by molar-refractivity contribution is 8.00. The summed E-state index contributed by atoms with van der Waals surface area (Å²) in [4.78, 5) is 21.7. The maximum atomic E-state index is 11.1. The fourth-order valence-corrected chi connectivity index (χ4v) is 3.03. The van der Waals surface area contributed by atoms with Gasteiger partial charge in [0.25, 0.3) is 5.69 Å². The molecule has 0 amide bonds. The second-order valence-corrected chi connectivity index (χ2v) is 5.97. The van der Waals surface area contributed by atoms with Crippen molar-refractivity contribution >= 4 is 46.6 Å². The molecule has 19 heavy (non-hydrogen) atoms. The van der Waals surface area contributed by atoms with Gasteiger partial charge >= 0.3 is 5.97 Å². The van der Waals surface area contributed by atoms with E-state index in [0.717, 1.165) is 0 Å². The van der Waals surface area contributed by atoms with E-state index in [1.54, 1.807) is 0 Å². The SMILES string of the molecule is COC(=O)CC(C)Sc1c(Cl)cc([N+](=O)[O-])cc1Cl. The Labute approximate surface area is 124 Å². The van der Waals surface area contributed by atoms with Crippen molar-refractivity contribution in [3.8, 4) is 0 Å². The van der Waals surface area contributed by atoms with Crippen molar-refractivity contribution < 1.29 is 14.5 Å². The van der Waals surface area contributed by atoms with E-state index in [2.05, 4.69) is 4.74 Å². The van der Waals surface area contributed by atoms with E-state index >= 15 is 0 Å². The van der Waals surface area contributed by atoms with E-state index in [1.165, 1.54) is 31.0 Å². The van der Waals surface area contributed by atoms with E-state index in [9.17, 15) is 14.9 Å². The van der Waals surface area contributed by atoms with E-state index in [-0.39, 0.29) is 33.4 Å². The zero-order valence-electron chi connectivity index (χ0n) is 10.2. The predicted molar refractivity (Wildman–Crippen MR) is 75.1 cm³/mol. The molecular formula is C11H11Cl2NO4S. The largest absolute Gasteiger partial charge is 0.469 e. The number of rotatable bonds is 5. The van der Waals surface area contributed by atoms with Crippen LogP contribution in [0.25, 0.3) is 0 Å². The number of nitro benzene ring substituents is 1. The highest BCUT2D eigenvalue weighted by Gasteiger charge is 2.18. The molecule has 0 aliphatic carbocycles. The standard InChI is InChI=1S/C11H11Cl2NO4S/c1-6(3-10(15)18-2)19-11-8(12)4-7(14(16)17)5-9(11)13/h4-6H,3H2,1-2H3. The van der Waals surface area contributed by atoms with Gasteiger partial charge in [-0.15, -0.1) is 11.8 Å². The molecule has 0 aliphatic rings. The minimum absolute atomic E-state index is 0.107. The summed E-state index contributed by atoms with van der Waals surface area (Å²) in [6, 6.07) is 2.47. The Morgan fingerprint density at radius 1 is 1.47 bits per heavy atom. The number of nitrogens with zero attached hydrogens (tertiary/aromatic N) is 1. The van der Waals surface area contributed by atoms with Gasteiger partial charge in [-0.25, -0.2) is 0 Å². The van der Waals surface area contributed by atoms with Crippen LogP contribution in [0, 0.1) is 10.1 Å². The summed E-state index contributed by atoms with van der Waals surface area (Å²) in [5.74, 6) is -0.339. The minimum atomic E-state index is -0.565. The van der Waals surface area contributed by atoms with Gasteiger partial charge in [-0.3, -0.25) is 14.9 Å². The molecule has 0 aromatic heterocycles. The van der Waals surface area contributed by atoms with Gasteiger partial charge in [0.2, 0.25) is 0 Å². The Kier molecular flexibility index (Phi) is 5.90. The lowest BCUT2D eigenvalue weighted by atomic mass is 10.3. The van der Waals surface area contributed by atoms with Crippen LogP contribution in [0.5, 0.6) is 0 Å². The highest BCUT2D eigenvalue weighted by atomic mass is 35.5. The van der Waals surface area contributed by atoms with Gasteiger partial charge in [0.1, 0.15) is 0 Å². The lowest BCUT2D eigenvalue weighted by Gasteiger charge is -2.12. The van der Waals surface area contributed by atoms with Gasteiger partial charge in [-0.1, -0.05) is 30.1 Å². The van der Waals surface area contributed by atoms with Crippen molar-refractivity contribution in [2.24, 2.45) is 0 Å². The Morgan fingerprint density at radius 2 is 2.00 bits per heavy atom. The van der Waals surface area contributed by atoms with Crippen LogP contribution in [-0.4, -0.2) is 23.3 Å². The monoisotopic (exact) mass is 323 g/mol. The molecule has 1 aromatic rings. The molecule has 0 bridgehead atoms. The number of esters is 1. The average molecular weight is 324 g/mol. The molecule has 0 radical (unpaired) electrons. The molecule has 0 saturated heterocycles. The minimum Gasteiger partial charge on any atom is -0.469 e. The highest BCUT2D eigenvalue weighted by Crippen LogP contribution is 2.39. The number of carbonyl (C=O) groups excluding carboxylic acids is 1. The summed E-state index contributed by atoms with van der Waals surface area (Å²) in [7, 11) is 1.31. The van der Waals surface area contributed by atoms with Crippen LogP contribution < -0.4 is 0 Å². The van der Waals surface area contributed by atoms with Gasteiger partial charge in [0.15, 0.2) is 0 Å². The van der Waals surface area contributed by atoms with Crippen LogP contribution >= 0.6 is 35.0 Å². The molecule has 104 valence electrons. The van der Waals surface area contributed by atoms with Crippen molar-refractivity contribution in [3.05, 3.63) is 32.3 Å². The topological polar surface area (TPSA) is 69.4 Å². The molecule has 0 N–H and O–H groups in total. The molecule has 1 rings (SSSR count). The van der Waals surface area contributed by atoms with Crippen LogP contribution in [0.1, 0.15) is 13.3 Å². The molecule has 1 unspecified atom stereocenters. The first-order valence-corrected chi connectivity index (χ1v) is 6.85. The third-order valence-corrected chi connectivity index (χ3v) is 4.26. The number of nitro groups is 1. The molecule has 0 aliphatic heterocycles. The van der Waals surface area contributed by atoms with Crippen LogP contribution in [0.2, 0.25) is 10.0 Å². The normalized spacial score (nSPS) is 12.0. The number of carbonyl (C=O) groups is 1. The maximum Gasteiger partial charge on any atom is 0.306 e. The maximum absolute atomic E-state index is 11.1. The van der Waals surface area contributed by atoms with Crippen LogP contribution in [0.4, 0.5) is 5.69 Å². The summed E-state index contributed by atoms with van der Waals surface area (Å²) >= 11 is 13.2. The molecule has 8 heteroatoms. The van der Waals surface area contributed by atoms with Crippen LogP contribution in [0.3, 0.4) is 0 Å². The summed E-state index contributed by atoms with van der Waals surface area (Å²) in [6.45, 7) is 1.82. The van der Waals surface area contributed by atoms with E-state index in [0.29, 0.717) is 4.90 Å². The first kappa shape index (κ1) is 16.1. The molecule has 0 heterocycles. The van der Waals surface area contributed by atoms with E-state index in [4.69, 9.17) is 23.2 Å². The summed E-state index contributed by atoms with van der Waals surface area (Å²) < 4.78 is 4.56. The number of hydrogen-bond acceptors (Lipinski definition) is 5. The van der Waals surface area contributed by atoms with E-state index < -0.39 is 4.92 Å². The van der Waals surface area contributed by atoms with Crippen molar-refractivity contribution in [2.45, 2.75) is 23.5 Å². The van der Waals surface area contributed by atoms with E-state index in [1.807, 2.05) is 6.92 Å². The Morgan fingerprint density at radius 3 is 2.42 bits per heavy atom. The lowest BCUT2D eigenvalue weighted by molar-refractivity contribution is -0.384. The number of methoxy groups -OCH3 is 1. The first-order valence-electron chi connectivity index (χ1n) is 5.22. The zero-order valence-corrected chi connectivity index (χ0v) is 12.5. The fourth-order valence-electron chi connectivity index (χ4n) is 1.33. The van der Waals surface area contributed by atoms with Gasteiger partial charge in [-0.05, 0) is 0 Å². The van der Waals surface area contributed by atoms with Crippen molar-refractivity contribution in [3.63, 3.8) is 0 Å². The number of hydrogen-bond donors (Lipinski definition) is 0.